The summed E-state index contributed by atoms with van der Waals surface area (Å²) in [6.07, 6.45) is 3.69. The Morgan fingerprint density at radius 1 is 1.28 bits per heavy atom. The van der Waals surface area contributed by atoms with Gasteiger partial charge in [0.25, 0.3) is 0 Å². The highest BCUT2D eigenvalue weighted by atomic mass is 16.5. The van der Waals surface area contributed by atoms with E-state index < -0.39 is 0 Å². The Morgan fingerprint density at radius 2 is 2.17 bits per heavy atom. The minimum Gasteiger partial charge on any atom is -0.493 e. The Balaban J connectivity index is 1.48. The molecule has 98 valence electrons. The zero-order valence-corrected chi connectivity index (χ0v) is 10.9. The Kier molecular flexibility index (Phi) is 3.81. The van der Waals surface area contributed by atoms with E-state index in [0.29, 0.717) is 0 Å². The van der Waals surface area contributed by atoms with Crippen LogP contribution in [0.1, 0.15) is 24.0 Å². The number of fused-ring (bicyclic) bond motifs is 1. The second-order valence-corrected chi connectivity index (χ2v) is 5.36. The highest BCUT2D eigenvalue weighted by Crippen LogP contribution is 2.25. The van der Waals surface area contributed by atoms with Gasteiger partial charge in [-0.3, -0.25) is 0 Å². The SMILES string of the molecule is c1cc2c(cc1CNCC1CCNCC1)CCO2. The zero-order chi connectivity index (χ0) is 12.2. The summed E-state index contributed by atoms with van der Waals surface area (Å²) >= 11 is 0. The molecule has 0 spiro atoms. The van der Waals surface area contributed by atoms with Crippen molar-refractivity contribution < 1.29 is 4.74 Å². The first-order chi connectivity index (χ1) is 8.92. The minimum absolute atomic E-state index is 0.849. The molecule has 1 aromatic carbocycles. The fourth-order valence-electron chi connectivity index (χ4n) is 2.86. The molecule has 1 aromatic rings. The summed E-state index contributed by atoms with van der Waals surface area (Å²) in [4.78, 5) is 0. The summed E-state index contributed by atoms with van der Waals surface area (Å²) in [5.74, 6) is 1.93. The van der Waals surface area contributed by atoms with Crippen LogP contribution in [0.25, 0.3) is 0 Å². The number of nitrogens with one attached hydrogen (secondary N) is 2. The molecular weight excluding hydrogens is 224 g/mol. The maximum absolute atomic E-state index is 5.53. The molecule has 0 saturated carbocycles. The summed E-state index contributed by atoms with van der Waals surface area (Å²) in [5.41, 5.74) is 2.75. The first kappa shape index (κ1) is 12.0. The third-order valence-electron chi connectivity index (χ3n) is 3.97. The highest BCUT2D eigenvalue weighted by Gasteiger charge is 2.13. The molecule has 0 aliphatic carbocycles. The quantitative estimate of drug-likeness (QED) is 0.848. The van der Waals surface area contributed by atoms with E-state index in [1.807, 2.05) is 0 Å². The predicted octanol–water partition coefficient (Wildman–Crippen LogP) is 1.71. The molecule has 1 fully saturated rings. The number of ether oxygens (including phenoxy) is 1. The zero-order valence-electron chi connectivity index (χ0n) is 10.9. The lowest BCUT2D eigenvalue weighted by molar-refractivity contribution is 0.355. The maximum atomic E-state index is 5.53. The smallest absolute Gasteiger partial charge is 0.122 e. The molecule has 0 aromatic heterocycles. The van der Waals surface area contributed by atoms with Gasteiger partial charge in [0.05, 0.1) is 6.61 Å². The molecule has 0 amide bonds. The Hall–Kier alpha value is -1.06. The van der Waals surface area contributed by atoms with Gasteiger partial charge in [0.2, 0.25) is 0 Å². The molecular formula is C15H22N2O. The van der Waals surface area contributed by atoms with Crippen LogP contribution < -0.4 is 15.4 Å². The average Bonchev–Trinajstić information content (AvgIpc) is 2.87. The van der Waals surface area contributed by atoms with Crippen molar-refractivity contribution in [2.45, 2.75) is 25.8 Å². The summed E-state index contributed by atoms with van der Waals surface area (Å²) in [6, 6.07) is 6.58. The number of hydrogen-bond donors (Lipinski definition) is 2. The molecule has 0 bridgehead atoms. The van der Waals surface area contributed by atoms with Gasteiger partial charge in [-0.25, -0.2) is 0 Å². The van der Waals surface area contributed by atoms with Crippen LogP contribution in [-0.4, -0.2) is 26.2 Å². The fourth-order valence-corrected chi connectivity index (χ4v) is 2.86. The lowest BCUT2D eigenvalue weighted by Crippen LogP contribution is -2.33. The minimum atomic E-state index is 0.849. The standard InChI is InChI=1S/C15H22N2O/c1-2-15-14(5-8-18-15)9-13(1)11-17-10-12-3-6-16-7-4-12/h1-2,9,12,16-17H,3-8,10-11H2. The van der Waals surface area contributed by atoms with Crippen molar-refractivity contribution in [2.75, 3.05) is 26.2 Å². The van der Waals surface area contributed by atoms with Crippen LogP contribution in [-0.2, 0) is 13.0 Å². The van der Waals surface area contributed by atoms with Crippen LogP contribution in [0.15, 0.2) is 18.2 Å². The molecule has 18 heavy (non-hydrogen) atoms. The molecule has 2 N–H and O–H groups in total. The molecule has 2 aliphatic heterocycles. The van der Waals surface area contributed by atoms with Crippen molar-refractivity contribution in [3.8, 4) is 5.75 Å². The second kappa shape index (κ2) is 5.72. The van der Waals surface area contributed by atoms with Gasteiger partial charge in [-0.2, -0.15) is 0 Å². The topological polar surface area (TPSA) is 33.3 Å². The third-order valence-corrected chi connectivity index (χ3v) is 3.97. The normalized spacial score (nSPS) is 19.6. The van der Waals surface area contributed by atoms with E-state index in [1.165, 1.54) is 37.1 Å². The van der Waals surface area contributed by atoms with Crippen LogP contribution >= 0.6 is 0 Å². The van der Waals surface area contributed by atoms with Gasteiger partial charge in [-0.1, -0.05) is 12.1 Å². The van der Waals surface area contributed by atoms with Crippen LogP contribution in [0.5, 0.6) is 5.75 Å². The van der Waals surface area contributed by atoms with E-state index in [9.17, 15) is 0 Å². The maximum Gasteiger partial charge on any atom is 0.122 e. The molecule has 0 atom stereocenters. The van der Waals surface area contributed by atoms with E-state index in [2.05, 4.69) is 28.8 Å². The first-order valence-electron chi connectivity index (χ1n) is 7.08. The Morgan fingerprint density at radius 3 is 3.06 bits per heavy atom. The summed E-state index contributed by atoms with van der Waals surface area (Å²) in [7, 11) is 0. The van der Waals surface area contributed by atoms with E-state index in [0.717, 1.165) is 37.8 Å². The number of rotatable bonds is 4. The van der Waals surface area contributed by atoms with E-state index in [-0.39, 0.29) is 0 Å². The predicted molar refractivity (Wildman–Crippen MR) is 72.9 cm³/mol. The molecule has 2 heterocycles. The van der Waals surface area contributed by atoms with E-state index in [1.54, 1.807) is 0 Å². The molecule has 0 unspecified atom stereocenters. The van der Waals surface area contributed by atoms with Gasteiger partial charge in [0.1, 0.15) is 5.75 Å². The number of benzene rings is 1. The van der Waals surface area contributed by atoms with Crippen LogP contribution in [0.3, 0.4) is 0 Å². The molecule has 0 radical (unpaired) electrons. The summed E-state index contributed by atoms with van der Waals surface area (Å²) in [5, 5.41) is 7.00. The van der Waals surface area contributed by atoms with Gasteiger partial charge in [-0.05, 0) is 55.6 Å². The van der Waals surface area contributed by atoms with Crippen molar-refractivity contribution in [2.24, 2.45) is 5.92 Å². The van der Waals surface area contributed by atoms with Gasteiger partial charge in [0.15, 0.2) is 0 Å². The molecule has 2 aliphatic rings. The number of piperidine rings is 1. The van der Waals surface area contributed by atoms with Crippen molar-refractivity contribution in [3.63, 3.8) is 0 Å². The van der Waals surface area contributed by atoms with Crippen LogP contribution in [0.4, 0.5) is 0 Å². The average molecular weight is 246 g/mol. The summed E-state index contributed by atoms with van der Waals surface area (Å²) in [6.45, 7) is 5.35. The Bertz CT molecular complexity index is 399. The van der Waals surface area contributed by atoms with Crippen molar-refractivity contribution in [1.82, 2.24) is 10.6 Å². The highest BCUT2D eigenvalue weighted by molar-refractivity contribution is 5.39. The van der Waals surface area contributed by atoms with Gasteiger partial charge < -0.3 is 15.4 Å². The molecule has 3 rings (SSSR count). The lowest BCUT2D eigenvalue weighted by Gasteiger charge is -2.22. The van der Waals surface area contributed by atoms with Crippen molar-refractivity contribution in [3.05, 3.63) is 29.3 Å². The van der Waals surface area contributed by atoms with Gasteiger partial charge in [-0.15, -0.1) is 0 Å². The largest absolute Gasteiger partial charge is 0.493 e. The van der Waals surface area contributed by atoms with Gasteiger partial charge >= 0.3 is 0 Å². The monoisotopic (exact) mass is 246 g/mol. The molecule has 3 nitrogen and oxygen atoms in total. The van der Waals surface area contributed by atoms with E-state index >= 15 is 0 Å². The second-order valence-electron chi connectivity index (χ2n) is 5.36. The third kappa shape index (κ3) is 2.85. The Labute approximate surface area is 109 Å². The van der Waals surface area contributed by atoms with Crippen molar-refractivity contribution >= 4 is 0 Å². The fraction of sp³-hybridized carbons (Fsp3) is 0.600. The van der Waals surface area contributed by atoms with Crippen LogP contribution in [0.2, 0.25) is 0 Å². The van der Waals surface area contributed by atoms with Crippen LogP contribution in [0, 0.1) is 5.92 Å². The summed E-state index contributed by atoms with van der Waals surface area (Å²) < 4.78 is 5.53. The van der Waals surface area contributed by atoms with E-state index in [4.69, 9.17) is 4.74 Å². The molecule has 3 heteroatoms. The van der Waals surface area contributed by atoms with Crippen molar-refractivity contribution in [1.29, 1.82) is 0 Å². The molecule has 1 saturated heterocycles. The lowest BCUT2D eigenvalue weighted by atomic mass is 9.98. The first-order valence-corrected chi connectivity index (χ1v) is 7.08. The number of hydrogen-bond acceptors (Lipinski definition) is 3. The van der Waals surface area contributed by atoms with Gasteiger partial charge in [0, 0.05) is 13.0 Å².